The molecule has 1 amide bonds. The molecule has 2 aromatic rings. The van der Waals surface area contributed by atoms with Gasteiger partial charge in [0.15, 0.2) is 0 Å². The van der Waals surface area contributed by atoms with Crippen LogP contribution < -0.4 is 11.1 Å². The molecule has 0 aliphatic heterocycles. The fourth-order valence-corrected chi connectivity index (χ4v) is 2.34. The third kappa shape index (κ3) is 4.33. The van der Waals surface area contributed by atoms with E-state index in [0.29, 0.717) is 0 Å². The zero-order valence-corrected chi connectivity index (χ0v) is 13.0. The van der Waals surface area contributed by atoms with Gasteiger partial charge in [-0.3, -0.25) is 0 Å². The lowest BCUT2D eigenvalue weighted by Crippen LogP contribution is -2.28. The van der Waals surface area contributed by atoms with Crippen molar-refractivity contribution in [1.29, 1.82) is 0 Å². The predicted molar refractivity (Wildman–Crippen MR) is 87.2 cm³/mol. The SMILES string of the molecule is C[C@H](N)c1ccccc1[C@H](C)NC(=O)OCc1ccccc1. The molecule has 4 heteroatoms. The largest absolute Gasteiger partial charge is 0.445 e. The highest BCUT2D eigenvalue weighted by Gasteiger charge is 2.15. The third-order valence-corrected chi connectivity index (χ3v) is 3.50. The van der Waals surface area contributed by atoms with Gasteiger partial charge in [0.2, 0.25) is 0 Å². The Hall–Kier alpha value is -2.33. The number of hydrogen-bond acceptors (Lipinski definition) is 3. The molecule has 0 bridgehead atoms. The Morgan fingerprint density at radius 1 is 1.05 bits per heavy atom. The van der Waals surface area contributed by atoms with Gasteiger partial charge in [0.1, 0.15) is 6.61 Å². The maximum Gasteiger partial charge on any atom is 0.407 e. The van der Waals surface area contributed by atoms with Crippen molar-refractivity contribution in [3.05, 3.63) is 71.3 Å². The molecule has 3 N–H and O–H groups in total. The summed E-state index contributed by atoms with van der Waals surface area (Å²) < 4.78 is 5.24. The van der Waals surface area contributed by atoms with Gasteiger partial charge in [-0.25, -0.2) is 4.79 Å². The van der Waals surface area contributed by atoms with E-state index in [9.17, 15) is 4.79 Å². The number of rotatable bonds is 5. The lowest BCUT2D eigenvalue weighted by Gasteiger charge is -2.19. The van der Waals surface area contributed by atoms with Gasteiger partial charge in [-0.15, -0.1) is 0 Å². The highest BCUT2D eigenvalue weighted by atomic mass is 16.5. The first-order valence-electron chi connectivity index (χ1n) is 7.39. The quantitative estimate of drug-likeness (QED) is 0.884. The van der Waals surface area contributed by atoms with E-state index in [-0.39, 0.29) is 18.7 Å². The second-order valence-corrected chi connectivity index (χ2v) is 5.35. The lowest BCUT2D eigenvalue weighted by molar-refractivity contribution is 0.136. The number of ether oxygens (including phenoxy) is 1. The Bertz CT molecular complexity index is 611. The van der Waals surface area contributed by atoms with E-state index in [1.165, 1.54) is 0 Å². The lowest BCUT2D eigenvalue weighted by atomic mass is 9.97. The van der Waals surface area contributed by atoms with Gasteiger partial charge >= 0.3 is 6.09 Å². The second-order valence-electron chi connectivity index (χ2n) is 5.35. The molecule has 2 atom stereocenters. The van der Waals surface area contributed by atoms with Crippen LogP contribution in [0.3, 0.4) is 0 Å². The van der Waals surface area contributed by atoms with Crippen LogP contribution in [0, 0.1) is 0 Å². The summed E-state index contributed by atoms with van der Waals surface area (Å²) in [5, 5.41) is 2.84. The van der Waals surface area contributed by atoms with Gasteiger partial charge in [-0.05, 0) is 30.5 Å². The summed E-state index contributed by atoms with van der Waals surface area (Å²) in [5.41, 5.74) is 8.97. The highest BCUT2D eigenvalue weighted by molar-refractivity contribution is 5.68. The number of amides is 1. The van der Waals surface area contributed by atoms with Crippen LogP contribution >= 0.6 is 0 Å². The average molecular weight is 298 g/mol. The van der Waals surface area contributed by atoms with E-state index in [2.05, 4.69) is 5.32 Å². The van der Waals surface area contributed by atoms with Crippen LogP contribution in [0.1, 0.15) is 42.6 Å². The smallest absolute Gasteiger partial charge is 0.407 e. The summed E-state index contributed by atoms with van der Waals surface area (Å²) in [6, 6.07) is 17.2. The van der Waals surface area contributed by atoms with Gasteiger partial charge in [-0.1, -0.05) is 54.6 Å². The van der Waals surface area contributed by atoms with Gasteiger partial charge in [0.05, 0.1) is 6.04 Å². The summed E-state index contributed by atoms with van der Waals surface area (Å²) in [4.78, 5) is 11.9. The number of nitrogens with two attached hydrogens (primary N) is 1. The number of carbonyl (C=O) groups is 1. The van der Waals surface area contributed by atoms with Crippen molar-refractivity contribution in [1.82, 2.24) is 5.32 Å². The van der Waals surface area contributed by atoms with E-state index < -0.39 is 6.09 Å². The predicted octanol–water partition coefficient (Wildman–Crippen LogP) is 3.69. The molecular weight excluding hydrogens is 276 g/mol. The Morgan fingerprint density at radius 2 is 1.64 bits per heavy atom. The molecule has 2 aromatic carbocycles. The minimum absolute atomic E-state index is 0.0826. The first-order chi connectivity index (χ1) is 10.6. The third-order valence-electron chi connectivity index (χ3n) is 3.50. The zero-order chi connectivity index (χ0) is 15.9. The minimum Gasteiger partial charge on any atom is -0.445 e. The molecule has 116 valence electrons. The monoisotopic (exact) mass is 298 g/mol. The molecule has 0 aromatic heterocycles. The van der Waals surface area contributed by atoms with Crippen molar-refractivity contribution in [3.8, 4) is 0 Å². The van der Waals surface area contributed by atoms with Crippen LogP contribution in [0.2, 0.25) is 0 Å². The van der Waals surface area contributed by atoms with Gasteiger partial charge in [0.25, 0.3) is 0 Å². The van der Waals surface area contributed by atoms with Gasteiger partial charge in [0, 0.05) is 6.04 Å². The molecule has 0 radical (unpaired) electrons. The van der Waals surface area contributed by atoms with Gasteiger partial charge in [-0.2, -0.15) is 0 Å². The first-order valence-corrected chi connectivity index (χ1v) is 7.39. The summed E-state index contributed by atoms with van der Waals surface area (Å²) in [6.07, 6.45) is -0.434. The molecule has 0 saturated heterocycles. The molecule has 4 nitrogen and oxygen atoms in total. The zero-order valence-electron chi connectivity index (χ0n) is 13.0. The van der Waals surface area contributed by atoms with Crippen molar-refractivity contribution >= 4 is 6.09 Å². The van der Waals surface area contributed by atoms with Crippen molar-refractivity contribution in [3.63, 3.8) is 0 Å². The fraction of sp³-hybridized carbons (Fsp3) is 0.278. The highest BCUT2D eigenvalue weighted by Crippen LogP contribution is 2.22. The van der Waals surface area contributed by atoms with Crippen LogP contribution in [0.15, 0.2) is 54.6 Å². The van der Waals surface area contributed by atoms with Crippen LogP contribution in [-0.2, 0) is 11.3 Å². The standard InChI is InChI=1S/C18H22N2O2/c1-13(19)16-10-6-7-11-17(16)14(2)20-18(21)22-12-15-8-4-3-5-9-15/h3-11,13-14H,12,19H2,1-2H3,(H,20,21)/t13-,14-/m0/s1. The van der Waals surface area contributed by atoms with E-state index >= 15 is 0 Å². The average Bonchev–Trinajstić information content (AvgIpc) is 2.54. The Balaban J connectivity index is 1.94. The molecule has 0 spiro atoms. The van der Waals surface area contributed by atoms with Crippen LogP contribution in [0.4, 0.5) is 4.79 Å². The van der Waals surface area contributed by atoms with Crippen LogP contribution in [0.25, 0.3) is 0 Å². The molecule has 0 aliphatic carbocycles. The molecule has 0 fully saturated rings. The normalized spacial score (nSPS) is 13.2. The number of benzene rings is 2. The molecule has 0 unspecified atom stereocenters. The molecular formula is C18H22N2O2. The molecule has 0 heterocycles. The molecule has 0 aliphatic rings. The maximum absolute atomic E-state index is 11.9. The molecule has 2 rings (SSSR count). The molecule has 22 heavy (non-hydrogen) atoms. The maximum atomic E-state index is 11.9. The van der Waals surface area contributed by atoms with Crippen molar-refractivity contribution in [2.24, 2.45) is 5.73 Å². The van der Waals surface area contributed by atoms with Crippen molar-refractivity contribution in [2.45, 2.75) is 32.5 Å². The Labute approximate surface area is 131 Å². The topological polar surface area (TPSA) is 64.3 Å². The number of alkyl carbamates (subject to hydrolysis) is 1. The van der Waals surface area contributed by atoms with Crippen LogP contribution in [0.5, 0.6) is 0 Å². The number of carbonyl (C=O) groups excluding carboxylic acids is 1. The fourth-order valence-electron chi connectivity index (χ4n) is 2.34. The molecule has 0 saturated carbocycles. The van der Waals surface area contributed by atoms with Crippen molar-refractivity contribution in [2.75, 3.05) is 0 Å². The van der Waals surface area contributed by atoms with E-state index in [1.807, 2.05) is 68.4 Å². The van der Waals surface area contributed by atoms with Crippen LogP contribution in [-0.4, -0.2) is 6.09 Å². The van der Waals surface area contributed by atoms with E-state index in [0.717, 1.165) is 16.7 Å². The van der Waals surface area contributed by atoms with E-state index in [4.69, 9.17) is 10.5 Å². The summed E-state index contributed by atoms with van der Waals surface area (Å²) in [5.74, 6) is 0. The van der Waals surface area contributed by atoms with Gasteiger partial charge < -0.3 is 15.8 Å². The summed E-state index contributed by atoms with van der Waals surface area (Å²) in [7, 11) is 0. The Kier molecular flexibility index (Phi) is 5.55. The number of hydrogen-bond donors (Lipinski definition) is 2. The summed E-state index contributed by atoms with van der Waals surface area (Å²) >= 11 is 0. The second kappa shape index (κ2) is 7.61. The minimum atomic E-state index is -0.434. The van der Waals surface area contributed by atoms with E-state index in [1.54, 1.807) is 0 Å². The Morgan fingerprint density at radius 3 is 2.27 bits per heavy atom. The van der Waals surface area contributed by atoms with Crippen molar-refractivity contribution < 1.29 is 9.53 Å². The number of nitrogens with one attached hydrogen (secondary N) is 1. The first kappa shape index (κ1) is 16.0. The summed E-state index contributed by atoms with van der Waals surface area (Å²) in [6.45, 7) is 4.11.